The predicted octanol–water partition coefficient (Wildman–Crippen LogP) is 3.15. The molecule has 0 radical (unpaired) electrons. The summed E-state index contributed by atoms with van der Waals surface area (Å²) < 4.78 is 11.4. The third-order valence-electron chi connectivity index (χ3n) is 5.74. The Hall–Kier alpha value is -3.35. The van der Waals surface area contributed by atoms with Gasteiger partial charge in [0.25, 0.3) is 5.91 Å². The van der Waals surface area contributed by atoms with Crippen LogP contribution in [0.2, 0.25) is 0 Å². The minimum absolute atomic E-state index is 0.189. The fourth-order valence-corrected chi connectivity index (χ4v) is 4.00. The van der Waals surface area contributed by atoms with Gasteiger partial charge in [0.05, 0.1) is 5.39 Å². The van der Waals surface area contributed by atoms with Crippen LogP contribution in [-0.4, -0.2) is 42.5 Å². The maximum Gasteiger partial charge on any atom is 0.344 e. The van der Waals surface area contributed by atoms with E-state index in [1.165, 1.54) is 0 Å². The first-order valence-corrected chi connectivity index (χ1v) is 10.6. The fourth-order valence-electron chi connectivity index (χ4n) is 4.00. The first kappa shape index (κ1) is 20.9. The van der Waals surface area contributed by atoms with Crippen molar-refractivity contribution in [2.24, 2.45) is 0 Å². The van der Waals surface area contributed by atoms with Crippen molar-refractivity contribution in [1.82, 2.24) is 10.2 Å². The van der Waals surface area contributed by atoms with Crippen molar-refractivity contribution < 1.29 is 18.7 Å². The van der Waals surface area contributed by atoms with Gasteiger partial charge >= 0.3 is 5.63 Å². The SMILES string of the molecule is Cc1c(OC(C)C(=O)NCCCN2CCCC2=O)ccc2c1oc(=O)c1ccccc12. The molecule has 1 fully saturated rings. The number of nitrogens with one attached hydrogen (secondary N) is 1. The van der Waals surface area contributed by atoms with E-state index in [-0.39, 0.29) is 11.8 Å². The summed E-state index contributed by atoms with van der Waals surface area (Å²) in [6, 6.07) is 11.0. The van der Waals surface area contributed by atoms with Crippen LogP contribution in [0.1, 0.15) is 31.7 Å². The highest BCUT2D eigenvalue weighted by Crippen LogP contribution is 2.31. The highest BCUT2D eigenvalue weighted by atomic mass is 16.5. The Morgan fingerprint density at radius 1 is 1.16 bits per heavy atom. The molecule has 1 aromatic heterocycles. The lowest BCUT2D eigenvalue weighted by molar-refractivity contribution is -0.127. The number of carbonyl (C=O) groups is 2. The molecule has 31 heavy (non-hydrogen) atoms. The van der Waals surface area contributed by atoms with E-state index in [2.05, 4.69) is 5.32 Å². The molecular formula is C24H26N2O5. The molecule has 1 N–H and O–H groups in total. The summed E-state index contributed by atoms with van der Waals surface area (Å²) in [6.45, 7) is 5.44. The van der Waals surface area contributed by atoms with Crippen molar-refractivity contribution in [1.29, 1.82) is 0 Å². The molecule has 0 saturated carbocycles. The van der Waals surface area contributed by atoms with Crippen molar-refractivity contribution in [3.63, 3.8) is 0 Å². The van der Waals surface area contributed by atoms with Gasteiger partial charge in [-0.1, -0.05) is 18.2 Å². The highest BCUT2D eigenvalue weighted by Gasteiger charge is 2.20. The minimum atomic E-state index is -0.711. The number of hydrogen-bond donors (Lipinski definition) is 1. The van der Waals surface area contributed by atoms with Crippen molar-refractivity contribution >= 4 is 33.6 Å². The van der Waals surface area contributed by atoms with Crippen molar-refractivity contribution in [2.45, 2.75) is 39.2 Å². The first-order chi connectivity index (χ1) is 15.0. The van der Waals surface area contributed by atoms with Crippen LogP contribution in [-0.2, 0) is 9.59 Å². The van der Waals surface area contributed by atoms with E-state index in [1.54, 1.807) is 25.1 Å². The Morgan fingerprint density at radius 2 is 1.94 bits per heavy atom. The standard InChI is InChI=1S/C24H26N2O5/c1-15-20(11-10-18-17-7-3-4-8-19(17)24(29)31-22(15)18)30-16(2)23(28)25-12-6-14-26-13-5-9-21(26)27/h3-4,7-8,10-11,16H,5-6,9,12-14H2,1-2H3,(H,25,28). The smallest absolute Gasteiger partial charge is 0.344 e. The number of nitrogens with zero attached hydrogens (tertiary/aromatic N) is 1. The number of likely N-dealkylation sites (tertiary alicyclic amines) is 1. The van der Waals surface area contributed by atoms with Crippen LogP contribution in [0.15, 0.2) is 45.6 Å². The molecule has 7 heteroatoms. The van der Waals surface area contributed by atoms with E-state index >= 15 is 0 Å². The van der Waals surface area contributed by atoms with Crippen LogP contribution < -0.4 is 15.7 Å². The second kappa shape index (κ2) is 8.79. The summed E-state index contributed by atoms with van der Waals surface area (Å²) in [5.41, 5.74) is 0.738. The molecule has 7 nitrogen and oxygen atoms in total. The van der Waals surface area contributed by atoms with Crippen LogP contribution in [0.5, 0.6) is 5.75 Å². The molecule has 1 aliphatic rings. The number of carbonyl (C=O) groups excluding carboxylic acids is 2. The summed E-state index contributed by atoms with van der Waals surface area (Å²) in [5.74, 6) is 0.456. The summed E-state index contributed by atoms with van der Waals surface area (Å²) in [6.07, 6.45) is 1.53. The van der Waals surface area contributed by atoms with Crippen molar-refractivity contribution in [3.05, 3.63) is 52.4 Å². The van der Waals surface area contributed by atoms with E-state index in [9.17, 15) is 14.4 Å². The molecule has 4 rings (SSSR count). The summed E-state index contributed by atoms with van der Waals surface area (Å²) in [7, 11) is 0. The van der Waals surface area contributed by atoms with E-state index in [0.29, 0.717) is 48.2 Å². The van der Waals surface area contributed by atoms with Gasteiger partial charge in [-0.15, -0.1) is 0 Å². The lowest BCUT2D eigenvalue weighted by Gasteiger charge is -2.18. The van der Waals surface area contributed by atoms with Crippen molar-refractivity contribution in [3.8, 4) is 5.75 Å². The molecule has 1 aliphatic heterocycles. The van der Waals surface area contributed by atoms with Crippen LogP contribution in [0.4, 0.5) is 0 Å². The molecule has 162 valence electrons. The summed E-state index contributed by atoms with van der Waals surface area (Å²) >= 11 is 0. The van der Waals surface area contributed by atoms with Gasteiger partial charge in [-0.05, 0) is 50.3 Å². The molecule has 0 spiro atoms. The molecular weight excluding hydrogens is 396 g/mol. The number of rotatable bonds is 7. The number of amides is 2. The Morgan fingerprint density at radius 3 is 2.68 bits per heavy atom. The zero-order valence-electron chi connectivity index (χ0n) is 17.8. The fraction of sp³-hybridized carbons (Fsp3) is 0.375. The Labute approximate surface area is 180 Å². The molecule has 2 aromatic carbocycles. The number of fused-ring (bicyclic) bond motifs is 3. The first-order valence-electron chi connectivity index (χ1n) is 10.6. The third kappa shape index (κ3) is 4.26. The van der Waals surface area contributed by atoms with Crippen LogP contribution in [0, 0.1) is 6.92 Å². The molecule has 2 heterocycles. The number of ether oxygens (including phenoxy) is 1. The monoisotopic (exact) mass is 422 g/mol. The quantitative estimate of drug-likeness (QED) is 0.359. The third-order valence-corrected chi connectivity index (χ3v) is 5.74. The molecule has 1 saturated heterocycles. The molecule has 2 amide bonds. The van der Waals surface area contributed by atoms with Gasteiger partial charge in [0.15, 0.2) is 6.10 Å². The second-order valence-corrected chi connectivity index (χ2v) is 7.89. The maximum atomic E-state index is 12.4. The van der Waals surface area contributed by atoms with Gasteiger partial charge < -0.3 is 19.4 Å². The topological polar surface area (TPSA) is 88.8 Å². The van der Waals surface area contributed by atoms with Crippen LogP contribution >= 0.6 is 0 Å². The van der Waals surface area contributed by atoms with Gasteiger partial charge in [0, 0.05) is 37.0 Å². The second-order valence-electron chi connectivity index (χ2n) is 7.89. The Balaban J connectivity index is 1.42. The van der Waals surface area contributed by atoms with Crippen LogP contribution in [0.3, 0.4) is 0 Å². The average molecular weight is 422 g/mol. The number of hydrogen-bond acceptors (Lipinski definition) is 5. The number of aryl methyl sites for hydroxylation is 1. The maximum absolute atomic E-state index is 12.4. The largest absolute Gasteiger partial charge is 0.480 e. The van der Waals surface area contributed by atoms with Gasteiger partial charge in [-0.25, -0.2) is 4.79 Å². The average Bonchev–Trinajstić information content (AvgIpc) is 3.18. The predicted molar refractivity (Wildman–Crippen MR) is 118 cm³/mol. The zero-order chi connectivity index (χ0) is 22.0. The van der Waals surface area contributed by atoms with E-state index in [0.717, 1.165) is 23.7 Å². The van der Waals surface area contributed by atoms with Gasteiger partial charge in [-0.2, -0.15) is 0 Å². The lowest BCUT2D eigenvalue weighted by Crippen LogP contribution is -2.38. The van der Waals surface area contributed by atoms with Crippen LogP contribution in [0.25, 0.3) is 21.7 Å². The van der Waals surface area contributed by atoms with E-state index in [1.807, 2.05) is 30.0 Å². The molecule has 1 unspecified atom stereocenters. The number of benzene rings is 2. The minimum Gasteiger partial charge on any atom is -0.480 e. The highest BCUT2D eigenvalue weighted by molar-refractivity contribution is 6.05. The lowest BCUT2D eigenvalue weighted by atomic mass is 10.0. The van der Waals surface area contributed by atoms with Gasteiger partial charge in [0.1, 0.15) is 11.3 Å². The zero-order valence-corrected chi connectivity index (χ0v) is 17.8. The van der Waals surface area contributed by atoms with E-state index in [4.69, 9.17) is 9.15 Å². The van der Waals surface area contributed by atoms with Crippen molar-refractivity contribution in [2.75, 3.05) is 19.6 Å². The summed E-state index contributed by atoms with van der Waals surface area (Å²) in [5, 5.41) is 5.04. The Kier molecular flexibility index (Phi) is 5.93. The summed E-state index contributed by atoms with van der Waals surface area (Å²) in [4.78, 5) is 38.2. The molecule has 1 atom stereocenters. The van der Waals surface area contributed by atoms with Gasteiger partial charge in [-0.3, -0.25) is 9.59 Å². The van der Waals surface area contributed by atoms with E-state index < -0.39 is 11.7 Å². The van der Waals surface area contributed by atoms with Gasteiger partial charge in [0.2, 0.25) is 5.91 Å². The Bertz CT molecular complexity index is 1200. The normalized spacial score (nSPS) is 14.9. The molecule has 3 aromatic rings. The molecule has 0 bridgehead atoms. The molecule has 0 aliphatic carbocycles.